The lowest BCUT2D eigenvalue weighted by Crippen LogP contribution is -2.29. The second kappa shape index (κ2) is 7.43. The first-order valence-corrected chi connectivity index (χ1v) is 9.08. The highest BCUT2D eigenvalue weighted by Gasteiger charge is 2.31. The summed E-state index contributed by atoms with van der Waals surface area (Å²) in [5.74, 6) is -1.19. The number of thiocarbonyl (C=S) groups is 1. The van der Waals surface area contributed by atoms with Crippen LogP contribution in [-0.4, -0.2) is 38.5 Å². The molecule has 0 saturated carbocycles. The van der Waals surface area contributed by atoms with Crippen molar-refractivity contribution in [2.75, 3.05) is 6.54 Å². The average Bonchev–Trinajstić information content (AvgIpc) is 3.10. The molecule has 2 heterocycles. The van der Waals surface area contributed by atoms with E-state index in [1.54, 1.807) is 24.3 Å². The quantitative estimate of drug-likeness (QED) is 0.458. The topological polar surface area (TPSA) is 87.8 Å². The summed E-state index contributed by atoms with van der Waals surface area (Å²) in [4.78, 5) is 36.5. The molecule has 0 bridgehead atoms. The molecule has 1 fully saturated rings. The summed E-state index contributed by atoms with van der Waals surface area (Å²) in [6, 6.07) is 5.18. The molecular formula is C18H15NO5S2. The van der Waals surface area contributed by atoms with Crippen molar-refractivity contribution in [3.63, 3.8) is 0 Å². The first-order chi connectivity index (χ1) is 12.4. The van der Waals surface area contributed by atoms with Crippen LogP contribution >= 0.6 is 24.0 Å². The Morgan fingerprint density at radius 1 is 1.38 bits per heavy atom. The van der Waals surface area contributed by atoms with Gasteiger partial charge in [0.15, 0.2) is 5.78 Å². The van der Waals surface area contributed by atoms with E-state index in [0.717, 1.165) is 10.9 Å². The molecule has 1 amide bonds. The van der Waals surface area contributed by atoms with Gasteiger partial charge in [-0.3, -0.25) is 19.3 Å². The number of carboxylic acids is 1. The molecule has 1 saturated heterocycles. The molecule has 0 radical (unpaired) electrons. The van der Waals surface area contributed by atoms with Crippen LogP contribution in [0.5, 0.6) is 0 Å². The molecule has 134 valence electrons. The van der Waals surface area contributed by atoms with Gasteiger partial charge < -0.3 is 9.52 Å². The third-order valence-electron chi connectivity index (χ3n) is 3.94. The fraction of sp³-hybridized carbons (Fsp3) is 0.222. The number of furan rings is 1. The highest BCUT2D eigenvalue weighted by atomic mass is 32.2. The Bertz CT molecular complexity index is 960. The molecule has 0 spiro atoms. The van der Waals surface area contributed by atoms with Crippen LogP contribution < -0.4 is 0 Å². The van der Waals surface area contributed by atoms with Gasteiger partial charge in [0.2, 0.25) is 0 Å². The number of carbonyl (C=O) groups is 3. The summed E-state index contributed by atoms with van der Waals surface area (Å²) in [7, 11) is 0. The van der Waals surface area contributed by atoms with Crippen LogP contribution in [0, 0.1) is 0 Å². The zero-order valence-corrected chi connectivity index (χ0v) is 15.5. The second-order valence-electron chi connectivity index (χ2n) is 5.79. The maximum Gasteiger partial charge on any atom is 0.303 e. The van der Waals surface area contributed by atoms with Gasteiger partial charge in [0.05, 0.1) is 11.2 Å². The summed E-state index contributed by atoms with van der Waals surface area (Å²) in [5, 5.41) is 9.51. The molecule has 8 heteroatoms. The number of aliphatic carboxylic acids is 1. The molecule has 1 aliphatic rings. The maximum atomic E-state index is 12.5. The molecule has 1 aromatic heterocycles. The van der Waals surface area contributed by atoms with E-state index in [1.165, 1.54) is 29.8 Å². The molecule has 1 aliphatic heterocycles. The predicted molar refractivity (Wildman–Crippen MR) is 103 cm³/mol. The third-order valence-corrected chi connectivity index (χ3v) is 5.32. The van der Waals surface area contributed by atoms with Gasteiger partial charge in [-0.05, 0) is 31.6 Å². The molecule has 2 aromatic rings. The Labute approximate surface area is 158 Å². The Morgan fingerprint density at radius 2 is 2.15 bits per heavy atom. The lowest BCUT2D eigenvalue weighted by molar-refractivity contribution is -0.137. The number of Topliss-reactive ketones (excluding diaryl/α,β-unsaturated/α-hetero) is 1. The number of thioether (sulfide) groups is 1. The van der Waals surface area contributed by atoms with Crippen molar-refractivity contribution >= 4 is 63.0 Å². The van der Waals surface area contributed by atoms with Crippen molar-refractivity contribution in [3.05, 3.63) is 40.5 Å². The van der Waals surface area contributed by atoms with Crippen LogP contribution in [0.4, 0.5) is 0 Å². The number of hydrogen-bond acceptors (Lipinski definition) is 6. The van der Waals surface area contributed by atoms with E-state index in [1.807, 2.05) is 0 Å². The van der Waals surface area contributed by atoms with Crippen molar-refractivity contribution in [1.82, 2.24) is 4.90 Å². The fourth-order valence-electron chi connectivity index (χ4n) is 2.60. The number of ketones is 1. The highest BCUT2D eigenvalue weighted by molar-refractivity contribution is 8.26. The maximum absolute atomic E-state index is 12.5. The zero-order valence-electron chi connectivity index (χ0n) is 13.9. The monoisotopic (exact) mass is 389 g/mol. The van der Waals surface area contributed by atoms with E-state index in [4.69, 9.17) is 21.7 Å². The minimum absolute atomic E-state index is 0.0129. The summed E-state index contributed by atoms with van der Waals surface area (Å²) in [6.45, 7) is 1.77. The second-order valence-corrected chi connectivity index (χ2v) is 7.46. The Kier molecular flexibility index (Phi) is 5.24. The minimum atomic E-state index is -0.902. The normalized spacial score (nSPS) is 16.0. The van der Waals surface area contributed by atoms with Gasteiger partial charge in [0.25, 0.3) is 5.91 Å². The van der Waals surface area contributed by atoms with E-state index >= 15 is 0 Å². The van der Waals surface area contributed by atoms with Gasteiger partial charge in [-0.2, -0.15) is 0 Å². The van der Waals surface area contributed by atoms with Gasteiger partial charge in [0, 0.05) is 29.5 Å². The van der Waals surface area contributed by atoms with E-state index in [-0.39, 0.29) is 24.7 Å². The predicted octanol–water partition coefficient (Wildman–Crippen LogP) is 3.70. The Balaban J connectivity index is 1.83. The minimum Gasteiger partial charge on any atom is -0.481 e. The molecule has 0 unspecified atom stereocenters. The highest BCUT2D eigenvalue weighted by Crippen LogP contribution is 2.34. The van der Waals surface area contributed by atoms with Crippen LogP contribution in [0.1, 0.15) is 35.7 Å². The van der Waals surface area contributed by atoms with Crippen molar-refractivity contribution < 1.29 is 23.9 Å². The van der Waals surface area contributed by atoms with E-state index in [0.29, 0.717) is 26.8 Å². The Morgan fingerprint density at radius 3 is 2.85 bits per heavy atom. The van der Waals surface area contributed by atoms with Crippen molar-refractivity contribution in [2.45, 2.75) is 19.8 Å². The first-order valence-electron chi connectivity index (χ1n) is 7.86. The van der Waals surface area contributed by atoms with E-state index in [2.05, 4.69) is 0 Å². The number of amides is 1. The lowest BCUT2D eigenvalue weighted by atomic mass is 10.1. The number of hydrogen-bond donors (Lipinski definition) is 1. The van der Waals surface area contributed by atoms with Crippen LogP contribution in [0.3, 0.4) is 0 Å². The molecule has 0 atom stereocenters. The van der Waals surface area contributed by atoms with Crippen LogP contribution in [0.15, 0.2) is 33.8 Å². The SMILES string of the molecule is CC(=O)c1ccc2c(C=C3SC(=S)N(CCCC(=O)O)C3=O)coc2c1. The Hall–Kier alpha value is -2.45. The van der Waals surface area contributed by atoms with Gasteiger partial charge >= 0.3 is 5.97 Å². The number of benzene rings is 1. The first kappa shape index (κ1) is 18.3. The summed E-state index contributed by atoms with van der Waals surface area (Å²) in [6.07, 6.45) is 3.57. The number of carboxylic acid groups (broad SMARTS) is 1. The van der Waals surface area contributed by atoms with Crippen molar-refractivity contribution in [1.29, 1.82) is 0 Å². The number of fused-ring (bicyclic) bond motifs is 1. The van der Waals surface area contributed by atoms with Crippen LogP contribution in [0.2, 0.25) is 0 Å². The summed E-state index contributed by atoms with van der Waals surface area (Å²) >= 11 is 6.41. The standard InChI is InChI=1S/C18H15NO5S2/c1-10(20)11-4-5-13-12(9-24-14(13)7-11)8-15-17(23)19(18(25)26-15)6-2-3-16(21)22/h4-5,7-9H,2-3,6H2,1H3,(H,21,22). The van der Waals surface area contributed by atoms with E-state index in [9.17, 15) is 14.4 Å². The van der Waals surface area contributed by atoms with Crippen molar-refractivity contribution in [2.24, 2.45) is 0 Å². The molecule has 26 heavy (non-hydrogen) atoms. The van der Waals surface area contributed by atoms with Crippen molar-refractivity contribution in [3.8, 4) is 0 Å². The van der Waals surface area contributed by atoms with Gasteiger partial charge in [-0.1, -0.05) is 30.0 Å². The molecule has 0 aliphatic carbocycles. The summed E-state index contributed by atoms with van der Waals surface area (Å²) in [5.41, 5.74) is 1.85. The van der Waals surface area contributed by atoms with E-state index < -0.39 is 5.97 Å². The average molecular weight is 389 g/mol. The smallest absolute Gasteiger partial charge is 0.303 e. The van der Waals surface area contributed by atoms with Gasteiger partial charge in [-0.25, -0.2) is 0 Å². The number of nitrogens with zero attached hydrogens (tertiary/aromatic N) is 1. The largest absolute Gasteiger partial charge is 0.481 e. The molecule has 1 aromatic carbocycles. The summed E-state index contributed by atoms with van der Waals surface area (Å²) < 4.78 is 5.92. The molecule has 1 N–H and O–H groups in total. The van der Waals surface area contributed by atoms with Gasteiger partial charge in [-0.15, -0.1) is 0 Å². The lowest BCUT2D eigenvalue weighted by Gasteiger charge is -2.13. The van der Waals surface area contributed by atoms with Crippen LogP contribution in [-0.2, 0) is 9.59 Å². The molecule has 6 nitrogen and oxygen atoms in total. The molecular weight excluding hydrogens is 374 g/mol. The number of rotatable bonds is 6. The molecule has 3 rings (SSSR count). The van der Waals surface area contributed by atoms with Crippen LogP contribution in [0.25, 0.3) is 17.0 Å². The third kappa shape index (κ3) is 3.71. The fourth-order valence-corrected chi connectivity index (χ4v) is 3.90. The van der Waals surface area contributed by atoms with Gasteiger partial charge in [0.1, 0.15) is 9.90 Å². The number of carbonyl (C=O) groups excluding carboxylic acids is 2. The zero-order chi connectivity index (χ0) is 18.8.